The topological polar surface area (TPSA) is 185 Å². The van der Waals surface area contributed by atoms with Crippen LogP contribution in [-0.4, -0.2) is 20.4 Å². The molecule has 4 rings (SSSR count). The molecule has 12 N–H and O–H groups in total. The van der Waals surface area contributed by atoms with E-state index >= 15 is 0 Å². The largest absolute Gasteiger partial charge is 0.506 e. The molecule has 0 radical (unpaired) electrons. The highest BCUT2D eigenvalue weighted by atomic mass is 16.3. The molecule has 0 unspecified atom stereocenters. The lowest BCUT2D eigenvalue weighted by Gasteiger charge is -2.08. The molecule has 4 aromatic carbocycles. The Balaban J connectivity index is 0.000000181. The van der Waals surface area contributed by atoms with Crippen LogP contribution in [0.5, 0.6) is 23.0 Å². The van der Waals surface area contributed by atoms with Gasteiger partial charge in [0.05, 0.1) is 22.7 Å². The van der Waals surface area contributed by atoms with Crippen LogP contribution in [0.3, 0.4) is 0 Å². The van der Waals surface area contributed by atoms with Crippen LogP contribution in [0, 0.1) is 0 Å². The number of hydrogen-bond acceptors (Lipinski definition) is 8. The monoisotopic (exact) mass is 432 g/mol. The highest BCUT2D eigenvalue weighted by Crippen LogP contribution is 2.36. The third-order valence-electron chi connectivity index (χ3n) is 4.83. The zero-order valence-corrected chi connectivity index (χ0v) is 17.0. The first-order valence-electron chi connectivity index (χ1n) is 9.51. The summed E-state index contributed by atoms with van der Waals surface area (Å²) in [6.45, 7) is 0. The minimum atomic E-state index is -0.0145. The van der Waals surface area contributed by atoms with Gasteiger partial charge in [-0.3, -0.25) is 0 Å². The number of rotatable bonds is 2. The van der Waals surface area contributed by atoms with Crippen LogP contribution in [0.4, 0.5) is 22.7 Å². The normalized spacial score (nSPS) is 10.2. The smallest absolute Gasteiger partial charge is 0.146 e. The second-order valence-electron chi connectivity index (χ2n) is 7.03. The van der Waals surface area contributed by atoms with Crippen molar-refractivity contribution in [2.45, 2.75) is 0 Å². The molecular formula is C24H24N4O4. The average Bonchev–Trinajstić information content (AvgIpc) is 2.77. The first kappa shape index (κ1) is 22.0. The SMILES string of the molecule is Nc1cc(-c2cccc(O)c2N)ccc1O.Nc1ccc(-c2cccc(N)c2O)cc1O. The first-order chi connectivity index (χ1) is 15.2. The Morgan fingerprint density at radius 2 is 1.09 bits per heavy atom. The Labute approximate surface area is 184 Å². The van der Waals surface area contributed by atoms with Gasteiger partial charge in [-0.2, -0.15) is 0 Å². The molecule has 4 aromatic rings. The molecule has 0 saturated heterocycles. The molecule has 8 heteroatoms. The summed E-state index contributed by atoms with van der Waals surface area (Å²) in [7, 11) is 0. The van der Waals surface area contributed by atoms with Gasteiger partial charge in [-0.15, -0.1) is 0 Å². The van der Waals surface area contributed by atoms with Gasteiger partial charge >= 0.3 is 0 Å². The summed E-state index contributed by atoms with van der Waals surface area (Å²) in [5.41, 5.74) is 26.3. The molecule has 0 heterocycles. The summed E-state index contributed by atoms with van der Waals surface area (Å²) in [5.74, 6) is 0.0533. The third-order valence-corrected chi connectivity index (χ3v) is 4.83. The van der Waals surface area contributed by atoms with Crippen LogP contribution in [0.15, 0.2) is 72.8 Å². The number of benzene rings is 4. The van der Waals surface area contributed by atoms with Gasteiger partial charge in [0.25, 0.3) is 0 Å². The number of nitrogen functional groups attached to an aromatic ring is 4. The van der Waals surface area contributed by atoms with Gasteiger partial charge in [0, 0.05) is 11.1 Å². The summed E-state index contributed by atoms with van der Waals surface area (Å²) in [5, 5.41) is 38.0. The molecule has 0 aliphatic heterocycles. The van der Waals surface area contributed by atoms with E-state index < -0.39 is 0 Å². The molecule has 0 atom stereocenters. The molecule has 0 amide bonds. The predicted molar refractivity (Wildman–Crippen MR) is 128 cm³/mol. The number of nitrogens with two attached hydrogens (primary N) is 4. The van der Waals surface area contributed by atoms with Crippen molar-refractivity contribution in [1.29, 1.82) is 0 Å². The van der Waals surface area contributed by atoms with E-state index in [4.69, 9.17) is 22.9 Å². The Bertz CT molecular complexity index is 1180. The van der Waals surface area contributed by atoms with E-state index in [0.717, 1.165) is 5.56 Å². The van der Waals surface area contributed by atoms with Crippen LogP contribution < -0.4 is 22.9 Å². The first-order valence-corrected chi connectivity index (χ1v) is 9.51. The Morgan fingerprint density at radius 1 is 0.469 bits per heavy atom. The van der Waals surface area contributed by atoms with Gasteiger partial charge in [0.15, 0.2) is 0 Å². The number of anilines is 4. The van der Waals surface area contributed by atoms with Gasteiger partial charge < -0.3 is 43.4 Å². The average molecular weight is 432 g/mol. The number of phenolic OH excluding ortho intramolecular Hbond substituents is 4. The fourth-order valence-corrected chi connectivity index (χ4v) is 3.03. The highest BCUT2D eigenvalue weighted by molar-refractivity contribution is 5.82. The number of aromatic hydroxyl groups is 4. The lowest BCUT2D eigenvalue weighted by molar-refractivity contribution is 0.476. The Hall–Kier alpha value is -4.72. The van der Waals surface area contributed by atoms with E-state index in [-0.39, 0.29) is 28.7 Å². The molecule has 8 nitrogen and oxygen atoms in total. The molecule has 0 aromatic heterocycles. The van der Waals surface area contributed by atoms with Crippen molar-refractivity contribution in [1.82, 2.24) is 0 Å². The predicted octanol–water partition coefficient (Wildman–Crippen LogP) is 3.86. The molecule has 0 fully saturated rings. The lowest BCUT2D eigenvalue weighted by atomic mass is 10.0. The van der Waals surface area contributed by atoms with Crippen molar-refractivity contribution < 1.29 is 20.4 Å². The number of para-hydroxylation sites is 2. The van der Waals surface area contributed by atoms with Crippen molar-refractivity contribution in [3.05, 3.63) is 72.8 Å². The summed E-state index contributed by atoms with van der Waals surface area (Å²) in [6.07, 6.45) is 0. The van der Waals surface area contributed by atoms with E-state index in [1.54, 1.807) is 54.6 Å². The van der Waals surface area contributed by atoms with Gasteiger partial charge in [0.1, 0.15) is 23.0 Å². The molecule has 32 heavy (non-hydrogen) atoms. The fraction of sp³-hybridized carbons (Fsp3) is 0. The second kappa shape index (κ2) is 8.97. The summed E-state index contributed by atoms with van der Waals surface area (Å²) < 4.78 is 0. The van der Waals surface area contributed by atoms with E-state index in [0.29, 0.717) is 33.8 Å². The van der Waals surface area contributed by atoms with E-state index in [1.807, 2.05) is 0 Å². The molecule has 0 bridgehead atoms. The number of hydrogen-bond donors (Lipinski definition) is 8. The minimum Gasteiger partial charge on any atom is -0.506 e. The maximum absolute atomic E-state index is 9.77. The van der Waals surface area contributed by atoms with Crippen LogP contribution in [0.1, 0.15) is 0 Å². The molecule has 0 aliphatic carbocycles. The molecule has 164 valence electrons. The van der Waals surface area contributed by atoms with Crippen molar-refractivity contribution in [3.8, 4) is 45.3 Å². The van der Waals surface area contributed by atoms with Gasteiger partial charge in [-0.25, -0.2) is 0 Å². The van der Waals surface area contributed by atoms with Crippen LogP contribution in [-0.2, 0) is 0 Å². The minimum absolute atomic E-state index is 0.00618. The maximum Gasteiger partial charge on any atom is 0.146 e. The third kappa shape index (κ3) is 4.54. The van der Waals surface area contributed by atoms with Crippen molar-refractivity contribution in [2.24, 2.45) is 0 Å². The summed E-state index contributed by atoms with van der Waals surface area (Å²) >= 11 is 0. The summed E-state index contributed by atoms with van der Waals surface area (Å²) in [6, 6.07) is 19.6. The zero-order chi connectivity index (χ0) is 23.4. The molecule has 0 spiro atoms. The van der Waals surface area contributed by atoms with Crippen LogP contribution in [0.25, 0.3) is 22.3 Å². The van der Waals surface area contributed by atoms with Crippen molar-refractivity contribution >= 4 is 22.7 Å². The maximum atomic E-state index is 9.77. The lowest BCUT2D eigenvalue weighted by Crippen LogP contribution is -1.92. The zero-order valence-electron chi connectivity index (χ0n) is 17.0. The second-order valence-corrected chi connectivity index (χ2v) is 7.03. The molecular weight excluding hydrogens is 408 g/mol. The van der Waals surface area contributed by atoms with Crippen LogP contribution in [0.2, 0.25) is 0 Å². The summed E-state index contributed by atoms with van der Waals surface area (Å²) in [4.78, 5) is 0. The Kier molecular flexibility index (Phi) is 6.16. The highest BCUT2D eigenvalue weighted by Gasteiger charge is 2.09. The van der Waals surface area contributed by atoms with Gasteiger partial charge in [-0.05, 0) is 47.5 Å². The Morgan fingerprint density at radius 3 is 1.78 bits per heavy atom. The fourth-order valence-electron chi connectivity index (χ4n) is 3.03. The quantitative estimate of drug-likeness (QED) is 0.173. The van der Waals surface area contributed by atoms with Crippen molar-refractivity contribution in [2.75, 3.05) is 22.9 Å². The van der Waals surface area contributed by atoms with Crippen molar-refractivity contribution in [3.63, 3.8) is 0 Å². The van der Waals surface area contributed by atoms with Crippen LogP contribution >= 0.6 is 0 Å². The number of phenols is 4. The molecule has 0 saturated carbocycles. The standard InChI is InChI=1S/2C12H12N2O2/c13-9-6-7(4-5-10(9)15)8-2-1-3-11(16)12(8)14;13-9-5-4-7(6-11(9)15)8-2-1-3-10(14)12(8)16/h2*1-6,15-16H,13-14H2. The van der Waals surface area contributed by atoms with E-state index in [9.17, 15) is 20.4 Å². The van der Waals surface area contributed by atoms with E-state index in [2.05, 4.69) is 0 Å². The van der Waals surface area contributed by atoms with Gasteiger partial charge in [-0.1, -0.05) is 36.4 Å². The van der Waals surface area contributed by atoms with E-state index in [1.165, 1.54) is 18.2 Å². The van der Waals surface area contributed by atoms with Gasteiger partial charge in [0.2, 0.25) is 0 Å². The molecule has 0 aliphatic rings.